The zero-order valence-corrected chi connectivity index (χ0v) is 10.4. The minimum atomic E-state index is -0.313. The first-order valence-corrected chi connectivity index (χ1v) is 5.15. The largest absolute Gasteiger partial charge is 0.465 e. The van der Waals surface area contributed by atoms with E-state index in [2.05, 4.69) is 0 Å². The number of halogens is 1. The van der Waals surface area contributed by atoms with E-state index in [1.807, 2.05) is 34.9 Å². The van der Waals surface area contributed by atoms with Gasteiger partial charge in [0.2, 0.25) is 0 Å². The molecule has 0 fully saturated rings. The lowest BCUT2D eigenvalue weighted by atomic mass is 10.2. The van der Waals surface area contributed by atoms with E-state index in [9.17, 15) is 4.79 Å². The van der Waals surface area contributed by atoms with E-state index in [-0.39, 0.29) is 18.4 Å². The van der Waals surface area contributed by atoms with Crippen LogP contribution < -0.4 is 5.73 Å². The molecule has 0 bridgehead atoms. The van der Waals surface area contributed by atoms with Crippen molar-refractivity contribution in [3.05, 3.63) is 41.7 Å². The lowest BCUT2D eigenvalue weighted by molar-refractivity contribution is 0.0599. The van der Waals surface area contributed by atoms with Gasteiger partial charge < -0.3 is 14.9 Å². The van der Waals surface area contributed by atoms with Gasteiger partial charge in [0.15, 0.2) is 0 Å². The number of carbonyl (C=O) groups is 1. The number of nitrogens with zero attached hydrogens (tertiary/aromatic N) is 1. The number of methoxy groups -OCH3 is 1. The number of carbonyl (C=O) groups excluding carboxylic acids is 1. The van der Waals surface area contributed by atoms with E-state index >= 15 is 0 Å². The van der Waals surface area contributed by atoms with Crippen LogP contribution in [0.2, 0.25) is 0 Å². The molecule has 5 heteroatoms. The van der Waals surface area contributed by atoms with Crippen LogP contribution in [0.3, 0.4) is 0 Å². The van der Waals surface area contributed by atoms with E-state index in [0.29, 0.717) is 18.5 Å². The van der Waals surface area contributed by atoms with Crippen LogP contribution in [0.4, 0.5) is 0 Å². The van der Waals surface area contributed by atoms with Crippen molar-refractivity contribution in [2.45, 2.75) is 6.42 Å². The van der Waals surface area contributed by atoms with Crippen molar-refractivity contribution in [1.29, 1.82) is 0 Å². The second kappa shape index (κ2) is 5.70. The fraction of sp³-hybridized carbons (Fsp3) is 0.250. The van der Waals surface area contributed by atoms with Crippen LogP contribution in [0.1, 0.15) is 16.1 Å². The van der Waals surface area contributed by atoms with E-state index in [1.54, 1.807) is 0 Å². The van der Waals surface area contributed by atoms with Gasteiger partial charge in [0, 0.05) is 23.8 Å². The Bertz CT molecular complexity index is 522. The first-order valence-electron chi connectivity index (χ1n) is 5.15. The Morgan fingerprint density at radius 3 is 2.88 bits per heavy atom. The maximum absolute atomic E-state index is 11.6. The summed E-state index contributed by atoms with van der Waals surface area (Å²) in [6, 6.07) is 7.64. The van der Waals surface area contributed by atoms with Gasteiger partial charge in [0.25, 0.3) is 0 Å². The normalized spacial score (nSPS) is 10.0. The van der Waals surface area contributed by atoms with Crippen LogP contribution >= 0.6 is 12.4 Å². The van der Waals surface area contributed by atoms with Gasteiger partial charge in [0.05, 0.1) is 12.7 Å². The van der Waals surface area contributed by atoms with Gasteiger partial charge in [-0.1, -0.05) is 6.07 Å². The number of ether oxygens (including phenoxy) is 1. The summed E-state index contributed by atoms with van der Waals surface area (Å²) >= 11 is 0. The molecule has 0 aliphatic rings. The Hall–Kier alpha value is -1.52. The van der Waals surface area contributed by atoms with Crippen LogP contribution in [0.5, 0.6) is 0 Å². The SMILES string of the molecule is COC(=O)c1cc2ccccn2c1CCN.Cl. The molecule has 0 saturated carbocycles. The molecule has 0 amide bonds. The van der Waals surface area contributed by atoms with Crippen molar-refractivity contribution in [1.82, 2.24) is 4.40 Å². The summed E-state index contributed by atoms with van der Waals surface area (Å²) in [7, 11) is 1.39. The quantitative estimate of drug-likeness (QED) is 0.848. The van der Waals surface area contributed by atoms with E-state index in [4.69, 9.17) is 10.5 Å². The summed E-state index contributed by atoms with van der Waals surface area (Å²) in [4.78, 5) is 11.6. The highest BCUT2D eigenvalue weighted by Gasteiger charge is 2.16. The number of hydrogen-bond acceptors (Lipinski definition) is 3. The zero-order valence-electron chi connectivity index (χ0n) is 9.55. The van der Waals surface area contributed by atoms with Crippen molar-refractivity contribution in [3.8, 4) is 0 Å². The van der Waals surface area contributed by atoms with Gasteiger partial charge >= 0.3 is 5.97 Å². The number of rotatable bonds is 3. The molecule has 0 atom stereocenters. The van der Waals surface area contributed by atoms with Gasteiger partial charge in [0.1, 0.15) is 0 Å². The molecule has 2 aromatic heterocycles. The molecule has 0 spiro atoms. The smallest absolute Gasteiger partial charge is 0.339 e. The minimum absolute atomic E-state index is 0. The predicted molar refractivity (Wildman–Crippen MR) is 68.7 cm³/mol. The number of pyridine rings is 1. The number of fused-ring (bicyclic) bond motifs is 1. The molecule has 2 rings (SSSR count). The number of nitrogens with two attached hydrogens (primary N) is 1. The lowest BCUT2D eigenvalue weighted by Gasteiger charge is -2.03. The molecular formula is C12H15ClN2O2. The molecule has 4 nitrogen and oxygen atoms in total. The molecule has 0 aliphatic carbocycles. The third kappa shape index (κ3) is 2.43. The standard InChI is InChI=1S/C12H14N2O2.ClH/c1-16-12(15)10-8-9-4-2-3-7-14(9)11(10)5-6-13;/h2-4,7-8H,5-6,13H2,1H3;1H. The van der Waals surface area contributed by atoms with E-state index < -0.39 is 0 Å². The molecule has 17 heavy (non-hydrogen) atoms. The third-order valence-corrected chi connectivity index (χ3v) is 2.57. The van der Waals surface area contributed by atoms with Crippen molar-refractivity contribution in [2.24, 2.45) is 5.73 Å². The predicted octanol–water partition coefficient (Wildman–Crippen LogP) is 1.65. The molecule has 92 valence electrons. The Labute approximate surface area is 106 Å². The molecule has 0 unspecified atom stereocenters. The average Bonchev–Trinajstić information content (AvgIpc) is 2.68. The highest BCUT2D eigenvalue weighted by molar-refractivity contribution is 5.92. The Morgan fingerprint density at radius 2 is 2.24 bits per heavy atom. The second-order valence-corrected chi connectivity index (χ2v) is 3.53. The van der Waals surface area contributed by atoms with Gasteiger partial charge in [-0.2, -0.15) is 0 Å². The fourth-order valence-electron chi connectivity index (χ4n) is 1.86. The van der Waals surface area contributed by atoms with Crippen LogP contribution in [0.15, 0.2) is 30.5 Å². The highest BCUT2D eigenvalue weighted by atomic mass is 35.5. The average molecular weight is 255 g/mol. The van der Waals surface area contributed by atoms with Crippen LogP contribution in [0.25, 0.3) is 5.52 Å². The lowest BCUT2D eigenvalue weighted by Crippen LogP contribution is -2.10. The van der Waals surface area contributed by atoms with Gasteiger partial charge in [-0.25, -0.2) is 4.79 Å². The van der Waals surface area contributed by atoms with Crippen molar-refractivity contribution in [2.75, 3.05) is 13.7 Å². The second-order valence-electron chi connectivity index (χ2n) is 3.53. The molecule has 0 saturated heterocycles. The first-order chi connectivity index (χ1) is 7.77. The monoisotopic (exact) mass is 254 g/mol. The van der Waals surface area contributed by atoms with Crippen molar-refractivity contribution in [3.63, 3.8) is 0 Å². The van der Waals surface area contributed by atoms with Crippen molar-refractivity contribution < 1.29 is 9.53 Å². The summed E-state index contributed by atoms with van der Waals surface area (Å²) in [5.41, 5.74) is 8.04. The molecule has 2 heterocycles. The van der Waals surface area contributed by atoms with E-state index in [1.165, 1.54) is 7.11 Å². The summed E-state index contributed by atoms with van der Waals surface area (Å²) in [5, 5.41) is 0. The first kappa shape index (κ1) is 13.5. The van der Waals surface area contributed by atoms with Crippen LogP contribution in [0, 0.1) is 0 Å². The topological polar surface area (TPSA) is 56.7 Å². The van der Waals surface area contributed by atoms with Gasteiger partial charge in [-0.15, -0.1) is 12.4 Å². The molecule has 2 aromatic rings. The van der Waals surface area contributed by atoms with Crippen molar-refractivity contribution >= 4 is 23.9 Å². The number of esters is 1. The molecule has 2 N–H and O–H groups in total. The Kier molecular flexibility index (Phi) is 4.54. The zero-order chi connectivity index (χ0) is 11.5. The molecule has 0 aliphatic heterocycles. The summed E-state index contributed by atoms with van der Waals surface area (Å²) < 4.78 is 6.73. The Morgan fingerprint density at radius 1 is 1.47 bits per heavy atom. The molecule has 0 radical (unpaired) electrons. The number of hydrogen-bond donors (Lipinski definition) is 1. The molecular weight excluding hydrogens is 240 g/mol. The van der Waals surface area contributed by atoms with Crippen LogP contribution in [-0.2, 0) is 11.2 Å². The summed E-state index contributed by atoms with van der Waals surface area (Å²) in [5.74, 6) is -0.313. The van der Waals surface area contributed by atoms with Crippen LogP contribution in [-0.4, -0.2) is 24.0 Å². The van der Waals surface area contributed by atoms with Gasteiger partial charge in [-0.3, -0.25) is 0 Å². The maximum atomic E-state index is 11.6. The number of aromatic nitrogens is 1. The summed E-state index contributed by atoms with van der Waals surface area (Å²) in [6.07, 6.45) is 2.58. The minimum Gasteiger partial charge on any atom is -0.465 e. The Balaban J connectivity index is 0.00000144. The van der Waals surface area contributed by atoms with Gasteiger partial charge in [-0.05, 0) is 24.7 Å². The summed E-state index contributed by atoms with van der Waals surface area (Å²) in [6.45, 7) is 0.505. The fourth-order valence-corrected chi connectivity index (χ4v) is 1.86. The van der Waals surface area contributed by atoms with E-state index in [0.717, 1.165) is 11.2 Å². The highest BCUT2D eigenvalue weighted by Crippen LogP contribution is 2.17. The maximum Gasteiger partial charge on any atom is 0.339 e. The molecule has 0 aromatic carbocycles. The third-order valence-electron chi connectivity index (χ3n) is 2.57.